The molecule has 1 aromatic carbocycles. The van der Waals surface area contributed by atoms with Crippen molar-refractivity contribution in [2.75, 3.05) is 0 Å². The third-order valence-corrected chi connectivity index (χ3v) is 3.61. The summed E-state index contributed by atoms with van der Waals surface area (Å²) in [5.74, 6) is -0.181. The number of nitrogens with one attached hydrogen (secondary N) is 2. The minimum Gasteiger partial charge on any atom is -0.350 e. The maximum atomic E-state index is 12.1. The number of carbonyl (C=O) groups is 2. The average Bonchev–Trinajstić information content (AvgIpc) is 2.47. The van der Waals surface area contributed by atoms with Crippen LogP contribution in [0.2, 0.25) is 0 Å². The van der Waals surface area contributed by atoms with Crippen LogP contribution in [-0.2, 0) is 0 Å². The largest absolute Gasteiger partial charge is 0.350 e. The molecule has 0 saturated heterocycles. The molecule has 122 valence electrons. The summed E-state index contributed by atoms with van der Waals surface area (Å²) in [6.45, 7) is 8.18. The second kappa shape index (κ2) is 9.23. The molecule has 2 atom stereocenters. The molecule has 0 fully saturated rings. The molecule has 0 aliphatic rings. The van der Waals surface area contributed by atoms with Gasteiger partial charge in [0.1, 0.15) is 0 Å². The highest BCUT2D eigenvalue weighted by Crippen LogP contribution is 2.07. The second-order valence-electron chi connectivity index (χ2n) is 5.90. The summed E-state index contributed by atoms with van der Waals surface area (Å²) in [7, 11) is 0. The van der Waals surface area contributed by atoms with Gasteiger partial charge in [-0.3, -0.25) is 9.59 Å². The third kappa shape index (κ3) is 5.88. The van der Waals surface area contributed by atoms with Crippen molar-refractivity contribution in [2.45, 2.75) is 65.5 Å². The van der Waals surface area contributed by atoms with E-state index in [-0.39, 0.29) is 23.9 Å². The van der Waals surface area contributed by atoms with Crippen molar-refractivity contribution in [1.82, 2.24) is 10.6 Å². The van der Waals surface area contributed by atoms with E-state index in [1.807, 2.05) is 13.8 Å². The molecular weight excluding hydrogens is 276 g/mol. The van der Waals surface area contributed by atoms with Gasteiger partial charge in [0.15, 0.2) is 0 Å². The average molecular weight is 304 g/mol. The lowest BCUT2D eigenvalue weighted by Crippen LogP contribution is -2.33. The van der Waals surface area contributed by atoms with Crippen LogP contribution in [-0.4, -0.2) is 23.9 Å². The van der Waals surface area contributed by atoms with Crippen molar-refractivity contribution < 1.29 is 9.59 Å². The van der Waals surface area contributed by atoms with Gasteiger partial charge in [-0.1, -0.05) is 26.7 Å². The van der Waals surface area contributed by atoms with Crippen LogP contribution in [0.25, 0.3) is 0 Å². The summed E-state index contributed by atoms with van der Waals surface area (Å²) in [6, 6.07) is 7.13. The van der Waals surface area contributed by atoms with Crippen LogP contribution in [0.4, 0.5) is 0 Å². The molecule has 0 aliphatic heterocycles. The minimum absolute atomic E-state index is 0.0905. The van der Waals surface area contributed by atoms with Gasteiger partial charge >= 0.3 is 0 Å². The third-order valence-electron chi connectivity index (χ3n) is 3.61. The van der Waals surface area contributed by atoms with Crippen molar-refractivity contribution in [3.8, 4) is 0 Å². The van der Waals surface area contributed by atoms with E-state index in [2.05, 4.69) is 24.5 Å². The smallest absolute Gasteiger partial charge is 0.251 e. The monoisotopic (exact) mass is 304 g/mol. The normalized spacial score (nSPS) is 13.3. The number of hydrogen-bond donors (Lipinski definition) is 2. The highest BCUT2D eigenvalue weighted by molar-refractivity contribution is 5.97. The van der Waals surface area contributed by atoms with Gasteiger partial charge in [0, 0.05) is 23.2 Å². The molecule has 0 aromatic heterocycles. The van der Waals surface area contributed by atoms with Gasteiger partial charge in [0.2, 0.25) is 0 Å². The molecule has 0 saturated carbocycles. The first-order chi connectivity index (χ1) is 10.5. The quantitative estimate of drug-likeness (QED) is 0.772. The van der Waals surface area contributed by atoms with Gasteiger partial charge < -0.3 is 10.6 Å². The first kappa shape index (κ1) is 18.2. The molecule has 1 aromatic rings. The van der Waals surface area contributed by atoms with E-state index in [1.54, 1.807) is 24.3 Å². The summed E-state index contributed by atoms with van der Waals surface area (Å²) in [5.41, 5.74) is 1.17. The van der Waals surface area contributed by atoms with Crippen LogP contribution >= 0.6 is 0 Å². The molecular formula is C18H28N2O2. The van der Waals surface area contributed by atoms with Crippen molar-refractivity contribution in [3.05, 3.63) is 35.4 Å². The van der Waals surface area contributed by atoms with E-state index in [9.17, 15) is 9.59 Å². The molecule has 0 spiro atoms. The van der Waals surface area contributed by atoms with Crippen LogP contribution in [0, 0.1) is 0 Å². The molecule has 22 heavy (non-hydrogen) atoms. The SMILES string of the molecule is CCCC(C)NC(=O)c1ccc(C(=O)NC(C)CCC)cc1. The summed E-state index contributed by atoms with van der Waals surface area (Å²) in [4.78, 5) is 24.1. The Hall–Kier alpha value is -1.84. The van der Waals surface area contributed by atoms with Crippen LogP contribution in [0.15, 0.2) is 24.3 Å². The summed E-state index contributed by atoms with van der Waals surface area (Å²) in [6.07, 6.45) is 4.00. The first-order valence-corrected chi connectivity index (χ1v) is 8.19. The Bertz CT molecular complexity index is 437. The van der Waals surface area contributed by atoms with Crippen LogP contribution in [0.3, 0.4) is 0 Å². The zero-order chi connectivity index (χ0) is 16.5. The molecule has 0 radical (unpaired) electrons. The summed E-state index contributed by atoms with van der Waals surface area (Å²) < 4.78 is 0. The molecule has 4 heteroatoms. The molecule has 2 unspecified atom stereocenters. The number of rotatable bonds is 8. The van der Waals surface area contributed by atoms with E-state index in [1.165, 1.54) is 0 Å². The van der Waals surface area contributed by atoms with Gasteiger partial charge in [0.05, 0.1) is 0 Å². The predicted octanol–water partition coefficient (Wildman–Crippen LogP) is 3.52. The Balaban J connectivity index is 2.62. The lowest BCUT2D eigenvalue weighted by molar-refractivity contribution is 0.0926. The topological polar surface area (TPSA) is 58.2 Å². The Morgan fingerprint density at radius 2 is 1.14 bits per heavy atom. The maximum Gasteiger partial charge on any atom is 0.251 e. The highest BCUT2D eigenvalue weighted by Gasteiger charge is 2.12. The van der Waals surface area contributed by atoms with Gasteiger partial charge in [-0.2, -0.15) is 0 Å². The summed E-state index contributed by atoms with van der Waals surface area (Å²) >= 11 is 0. The van der Waals surface area contributed by atoms with Gasteiger partial charge in [0.25, 0.3) is 11.8 Å². The molecule has 0 bridgehead atoms. The molecule has 1 rings (SSSR count). The van der Waals surface area contributed by atoms with E-state index in [4.69, 9.17) is 0 Å². The number of carbonyl (C=O) groups excluding carboxylic acids is 2. The van der Waals surface area contributed by atoms with E-state index in [0.717, 1.165) is 25.7 Å². The van der Waals surface area contributed by atoms with Crippen LogP contribution < -0.4 is 10.6 Å². The van der Waals surface area contributed by atoms with E-state index in [0.29, 0.717) is 11.1 Å². The van der Waals surface area contributed by atoms with Crippen LogP contribution in [0.1, 0.15) is 74.1 Å². The van der Waals surface area contributed by atoms with Crippen molar-refractivity contribution in [3.63, 3.8) is 0 Å². The Labute approximate surface area is 133 Å². The minimum atomic E-state index is -0.0905. The zero-order valence-electron chi connectivity index (χ0n) is 14.1. The Morgan fingerprint density at radius 3 is 1.41 bits per heavy atom. The molecule has 4 nitrogen and oxygen atoms in total. The molecule has 0 heterocycles. The van der Waals surface area contributed by atoms with Gasteiger partial charge in [-0.15, -0.1) is 0 Å². The first-order valence-electron chi connectivity index (χ1n) is 8.19. The lowest BCUT2D eigenvalue weighted by Gasteiger charge is -2.14. The molecule has 0 aliphatic carbocycles. The molecule has 2 N–H and O–H groups in total. The Morgan fingerprint density at radius 1 is 0.818 bits per heavy atom. The fraction of sp³-hybridized carbons (Fsp3) is 0.556. The van der Waals surface area contributed by atoms with Gasteiger partial charge in [-0.25, -0.2) is 0 Å². The van der Waals surface area contributed by atoms with Crippen LogP contribution in [0.5, 0.6) is 0 Å². The van der Waals surface area contributed by atoms with E-state index < -0.39 is 0 Å². The number of benzene rings is 1. The number of hydrogen-bond acceptors (Lipinski definition) is 2. The van der Waals surface area contributed by atoms with Crippen molar-refractivity contribution in [1.29, 1.82) is 0 Å². The maximum absolute atomic E-state index is 12.1. The standard InChI is InChI=1S/C18H28N2O2/c1-5-7-13(3)19-17(21)15-9-11-16(12-10-15)18(22)20-14(4)8-6-2/h9-14H,5-8H2,1-4H3,(H,19,21)(H,20,22). The Kier molecular flexibility index (Phi) is 7.64. The predicted molar refractivity (Wildman–Crippen MR) is 90.1 cm³/mol. The molecule has 2 amide bonds. The lowest BCUT2D eigenvalue weighted by atomic mass is 10.1. The highest BCUT2D eigenvalue weighted by atomic mass is 16.2. The zero-order valence-corrected chi connectivity index (χ0v) is 14.1. The fourth-order valence-corrected chi connectivity index (χ4v) is 2.40. The van der Waals surface area contributed by atoms with E-state index >= 15 is 0 Å². The van der Waals surface area contributed by atoms with Crippen molar-refractivity contribution in [2.24, 2.45) is 0 Å². The fourth-order valence-electron chi connectivity index (χ4n) is 2.40. The van der Waals surface area contributed by atoms with Crippen molar-refractivity contribution >= 4 is 11.8 Å². The summed E-state index contributed by atoms with van der Waals surface area (Å²) in [5, 5.41) is 5.91. The van der Waals surface area contributed by atoms with Gasteiger partial charge in [-0.05, 0) is 51.0 Å². The number of amides is 2. The second-order valence-corrected chi connectivity index (χ2v) is 5.90.